The van der Waals surface area contributed by atoms with Gasteiger partial charge in [-0.3, -0.25) is 4.79 Å². The normalized spacial score (nSPS) is 12.4. The fourth-order valence-electron chi connectivity index (χ4n) is 2.60. The van der Waals surface area contributed by atoms with Crippen LogP contribution in [0.1, 0.15) is 18.1 Å². The maximum atomic E-state index is 12.9. The van der Waals surface area contributed by atoms with Crippen LogP contribution in [0.5, 0.6) is 11.5 Å². The van der Waals surface area contributed by atoms with Crippen LogP contribution >= 0.6 is 0 Å². The summed E-state index contributed by atoms with van der Waals surface area (Å²) in [7, 11) is 1.56. The minimum atomic E-state index is -0.722. The van der Waals surface area contributed by atoms with Crippen LogP contribution in [0.3, 0.4) is 0 Å². The molecular weight excluding hydrogens is 395 g/mol. The summed E-state index contributed by atoms with van der Waals surface area (Å²) in [4.78, 5) is 30.2. The van der Waals surface area contributed by atoms with Gasteiger partial charge in [0.1, 0.15) is 5.82 Å². The number of esters is 1. The topological polar surface area (TPSA) is 86.7 Å². The summed E-state index contributed by atoms with van der Waals surface area (Å²) in [5.41, 5.74) is 2.05. The van der Waals surface area contributed by atoms with Crippen molar-refractivity contribution >= 4 is 17.6 Å². The van der Waals surface area contributed by atoms with Gasteiger partial charge in [-0.1, -0.05) is 17.3 Å². The summed E-state index contributed by atoms with van der Waals surface area (Å²) < 4.78 is 28.4. The quantitative estimate of drug-likeness (QED) is 0.373. The Bertz CT molecular complexity index is 945. The zero-order valence-corrected chi connectivity index (χ0v) is 16.6. The molecule has 1 amide bonds. The van der Waals surface area contributed by atoms with E-state index in [4.69, 9.17) is 19.0 Å². The molecule has 0 atom stereocenters. The smallest absolute Gasteiger partial charge is 0.347 e. The van der Waals surface area contributed by atoms with Crippen LogP contribution in [0.2, 0.25) is 0 Å². The molecule has 0 aromatic heterocycles. The zero-order valence-electron chi connectivity index (χ0n) is 16.6. The maximum absolute atomic E-state index is 12.9. The molecule has 0 saturated heterocycles. The Balaban J connectivity index is 1.40. The van der Waals surface area contributed by atoms with Gasteiger partial charge in [-0.15, -0.1) is 0 Å². The predicted octanol–water partition coefficient (Wildman–Crippen LogP) is 2.50. The first-order valence-electron chi connectivity index (χ1n) is 9.13. The van der Waals surface area contributed by atoms with Crippen molar-refractivity contribution in [3.63, 3.8) is 0 Å². The Morgan fingerprint density at radius 1 is 1.10 bits per heavy atom. The first-order chi connectivity index (χ1) is 14.4. The van der Waals surface area contributed by atoms with Crippen molar-refractivity contribution in [2.24, 2.45) is 5.16 Å². The second-order valence-electron chi connectivity index (χ2n) is 6.56. The highest BCUT2D eigenvalue weighted by Crippen LogP contribution is 2.32. The molecule has 0 saturated carbocycles. The SMILES string of the molecule is C/C(=N\OCC(=O)OCC(=O)N(C)Cc1ccc(F)cc1)c1ccc2c(c1)OCO2. The molecule has 0 unspecified atom stereocenters. The first kappa shape index (κ1) is 21.1. The Morgan fingerprint density at radius 2 is 1.83 bits per heavy atom. The van der Waals surface area contributed by atoms with Gasteiger partial charge in [0.15, 0.2) is 18.1 Å². The fourth-order valence-corrected chi connectivity index (χ4v) is 2.60. The molecule has 3 rings (SSSR count). The number of halogens is 1. The van der Waals surface area contributed by atoms with Gasteiger partial charge < -0.3 is 23.9 Å². The lowest BCUT2D eigenvalue weighted by atomic mass is 10.1. The van der Waals surface area contributed by atoms with Crippen molar-refractivity contribution in [3.05, 3.63) is 59.4 Å². The summed E-state index contributed by atoms with van der Waals surface area (Å²) >= 11 is 0. The summed E-state index contributed by atoms with van der Waals surface area (Å²) in [6, 6.07) is 11.1. The molecule has 0 spiro atoms. The van der Waals surface area contributed by atoms with Crippen molar-refractivity contribution in [2.75, 3.05) is 27.1 Å². The molecule has 1 aliphatic heterocycles. The van der Waals surface area contributed by atoms with E-state index in [1.165, 1.54) is 17.0 Å². The van der Waals surface area contributed by atoms with Crippen LogP contribution in [0.25, 0.3) is 0 Å². The number of rotatable bonds is 8. The van der Waals surface area contributed by atoms with Gasteiger partial charge in [0.05, 0.1) is 5.71 Å². The average molecular weight is 416 g/mol. The van der Waals surface area contributed by atoms with Crippen molar-refractivity contribution in [1.82, 2.24) is 4.90 Å². The summed E-state index contributed by atoms with van der Waals surface area (Å²) in [5, 5.41) is 3.88. The molecule has 2 aromatic carbocycles. The molecule has 8 nitrogen and oxygen atoms in total. The minimum absolute atomic E-state index is 0.176. The summed E-state index contributed by atoms with van der Waals surface area (Å²) in [5.74, 6) is -0.193. The molecule has 9 heteroatoms. The van der Waals surface area contributed by atoms with E-state index in [0.29, 0.717) is 17.2 Å². The van der Waals surface area contributed by atoms with E-state index in [0.717, 1.165) is 11.1 Å². The van der Waals surface area contributed by atoms with E-state index in [9.17, 15) is 14.0 Å². The van der Waals surface area contributed by atoms with Crippen LogP contribution in [0, 0.1) is 5.82 Å². The number of carbonyl (C=O) groups is 2. The third-order valence-corrected chi connectivity index (χ3v) is 4.29. The third kappa shape index (κ3) is 5.69. The summed E-state index contributed by atoms with van der Waals surface area (Å²) in [6.45, 7) is 1.31. The lowest BCUT2D eigenvalue weighted by Gasteiger charge is -2.17. The van der Waals surface area contributed by atoms with E-state index in [1.807, 2.05) is 0 Å². The monoisotopic (exact) mass is 416 g/mol. The van der Waals surface area contributed by atoms with Gasteiger partial charge in [-0.25, -0.2) is 9.18 Å². The number of benzene rings is 2. The van der Waals surface area contributed by atoms with Gasteiger partial charge in [-0.2, -0.15) is 0 Å². The first-order valence-corrected chi connectivity index (χ1v) is 9.13. The number of likely N-dealkylation sites (N-methyl/N-ethyl adjacent to an activating group) is 1. The molecule has 2 aromatic rings. The van der Waals surface area contributed by atoms with E-state index in [-0.39, 0.29) is 19.2 Å². The van der Waals surface area contributed by atoms with Gasteiger partial charge in [0.2, 0.25) is 13.4 Å². The number of ether oxygens (including phenoxy) is 3. The van der Waals surface area contributed by atoms with Crippen molar-refractivity contribution in [2.45, 2.75) is 13.5 Å². The minimum Gasteiger partial charge on any atom is -0.454 e. The molecule has 1 aliphatic rings. The van der Waals surface area contributed by atoms with Gasteiger partial charge in [0, 0.05) is 19.2 Å². The Labute approximate surface area is 172 Å². The summed E-state index contributed by atoms with van der Waals surface area (Å²) in [6.07, 6.45) is 0. The van der Waals surface area contributed by atoms with Crippen LogP contribution in [0.15, 0.2) is 47.6 Å². The van der Waals surface area contributed by atoms with Crippen molar-refractivity contribution in [3.8, 4) is 11.5 Å². The fraction of sp³-hybridized carbons (Fsp3) is 0.286. The molecule has 158 valence electrons. The standard InChI is InChI=1S/C21H21FN2O6/c1-14(16-5-8-18-19(9-16)29-13-28-18)23-30-12-21(26)27-11-20(25)24(2)10-15-3-6-17(22)7-4-15/h3-9H,10-13H2,1-2H3/b23-14+. The maximum Gasteiger partial charge on any atom is 0.347 e. The number of hydrogen-bond donors (Lipinski definition) is 0. The molecule has 1 heterocycles. The number of fused-ring (bicyclic) bond motifs is 1. The van der Waals surface area contributed by atoms with E-state index >= 15 is 0 Å². The largest absolute Gasteiger partial charge is 0.454 e. The molecular formula is C21H21FN2O6. The van der Waals surface area contributed by atoms with Crippen LogP contribution in [-0.4, -0.2) is 49.5 Å². The van der Waals surface area contributed by atoms with Crippen LogP contribution < -0.4 is 9.47 Å². The number of hydrogen-bond acceptors (Lipinski definition) is 7. The Morgan fingerprint density at radius 3 is 2.60 bits per heavy atom. The molecule has 0 radical (unpaired) electrons. The van der Waals surface area contributed by atoms with E-state index in [1.54, 1.807) is 44.3 Å². The van der Waals surface area contributed by atoms with E-state index in [2.05, 4.69) is 5.16 Å². The number of oxime groups is 1. The Kier molecular flexibility index (Phi) is 6.84. The van der Waals surface area contributed by atoms with Gasteiger partial charge in [0.25, 0.3) is 5.91 Å². The Hall–Kier alpha value is -3.62. The predicted molar refractivity (Wildman–Crippen MR) is 105 cm³/mol. The van der Waals surface area contributed by atoms with Crippen LogP contribution in [-0.2, 0) is 25.7 Å². The zero-order chi connectivity index (χ0) is 21.5. The number of nitrogens with zero attached hydrogens (tertiary/aromatic N) is 2. The van der Waals surface area contributed by atoms with Gasteiger partial charge in [-0.05, 0) is 42.8 Å². The lowest BCUT2D eigenvalue weighted by Crippen LogP contribution is -2.31. The number of carbonyl (C=O) groups excluding carboxylic acids is 2. The highest BCUT2D eigenvalue weighted by molar-refractivity contribution is 5.99. The highest BCUT2D eigenvalue weighted by atomic mass is 19.1. The lowest BCUT2D eigenvalue weighted by molar-refractivity contribution is -0.155. The molecule has 0 fully saturated rings. The molecule has 0 N–H and O–H groups in total. The molecule has 0 aliphatic carbocycles. The van der Waals surface area contributed by atoms with E-state index < -0.39 is 25.1 Å². The highest BCUT2D eigenvalue weighted by Gasteiger charge is 2.15. The average Bonchev–Trinajstić information content (AvgIpc) is 3.21. The number of amides is 1. The van der Waals surface area contributed by atoms with Crippen molar-refractivity contribution < 1.29 is 33.0 Å². The van der Waals surface area contributed by atoms with Gasteiger partial charge >= 0.3 is 5.97 Å². The van der Waals surface area contributed by atoms with Crippen LogP contribution in [0.4, 0.5) is 4.39 Å². The molecule has 30 heavy (non-hydrogen) atoms. The molecule has 0 bridgehead atoms. The second kappa shape index (κ2) is 9.73. The van der Waals surface area contributed by atoms with Crippen molar-refractivity contribution in [1.29, 1.82) is 0 Å². The third-order valence-electron chi connectivity index (χ3n) is 4.29. The second-order valence-corrected chi connectivity index (χ2v) is 6.56.